The summed E-state index contributed by atoms with van der Waals surface area (Å²) >= 11 is 0. The van der Waals surface area contributed by atoms with Crippen molar-refractivity contribution in [2.45, 2.75) is 38.6 Å². The molecule has 4 nitrogen and oxygen atoms in total. The van der Waals surface area contributed by atoms with Crippen LogP contribution in [-0.4, -0.2) is 37.4 Å². The molecule has 2 aromatic carbocycles. The van der Waals surface area contributed by atoms with Gasteiger partial charge in [-0.15, -0.1) is 0 Å². The Kier molecular flexibility index (Phi) is 6.77. The van der Waals surface area contributed by atoms with E-state index in [0.717, 1.165) is 19.0 Å². The van der Waals surface area contributed by atoms with Gasteiger partial charge in [-0.25, -0.2) is 0 Å². The Balaban J connectivity index is 1.58. The van der Waals surface area contributed by atoms with E-state index in [-0.39, 0.29) is 11.7 Å². The van der Waals surface area contributed by atoms with Gasteiger partial charge in [-0.05, 0) is 32.3 Å². The molecule has 0 spiro atoms. The van der Waals surface area contributed by atoms with E-state index in [0.29, 0.717) is 23.2 Å². The number of hydrogen-bond donors (Lipinski definition) is 2. The smallest absolute Gasteiger partial charge is 0.252 e. The van der Waals surface area contributed by atoms with Gasteiger partial charge in [0, 0.05) is 24.1 Å². The van der Waals surface area contributed by atoms with Crippen LogP contribution >= 0.6 is 0 Å². The minimum Gasteiger partial charge on any atom is -0.352 e. The van der Waals surface area contributed by atoms with E-state index in [1.54, 1.807) is 41.3 Å². The molecule has 2 N–H and O–H groups in total. The Labute approximate surface area is 161 Å². The molecule has 142 valence electrons. The highest BCUT2D eigenvalue weighted by Crippen LogP contribution is 2.14. The lowest BCUT2D eigenvalue weighted by Crippen LogP contribution is -3.16. The zero-order valence-corrected chi connectivity index (χ0v) is 16.0. The van der Waals surface area contributed by atoms with Crippen molar-refractivity contribution in [3.8, 4) is 0 Å². The first-order valence-corrected chi connectivity index (χ1v) is 9.98. The first-order valence-electron chi connectivity index (χ1n) is 9.98. The molecule has 2 aromatic rings. The number of benzene rings is 2. The molecular weight excluding hydrogens is 336 g/mol. The van der Waals surface area contributed by atoms with Crippen LogP contribution in [0.3, 0.4) is 0 Å². The third-order valence-electron chi connectivity index (χ3n) is 5.49. The Morgan fingerprint density at radius 1 is 1.00 bits per heavy atom. The van der Waals surface area contributed by atoms with Gasteiger partial charge >= 0.3 is 0 Å². The lowest BCUT2D eigenvalue weighted by atomic mass is 9.98. The number of carbonyl (C=O) groups is 2. The summed E-state index contributed by atoms with van der Waals surface area (Å²) in [7, 11) is 0. The van der Waals surface area contributed by atoms with E-state index in [2.05, 4.69) is 12.2 Å². The summed E-state index contributed by atoms with van der Waals surface area (Å²) in [6, 6.07) is 16.9. The number of quaternary nitrogens is 1. The largest absolute Gasteiger partial charge is 0.352 e. The quantitative estimate of drug-likeness (QED) is 0.585. The van der Waals surface area contributed by atoms with E-state index < -0.39 is 0 Å². The Morgan fingerprint density at radius 2 is 1.70 bits per heavy atom. The number of likely N-dealkylation sites (tertiary alicyclic amines) is 1. The minimum atomic E-state index is -0.170. The van der Waals surface area contributed by atoms with Crippen LogP contribution in [0.1, 0.15) is 58.9 Å². The van der Waals surface area contributed by atoms with E-state index in [1.165, 1.54) is 25.8 Å². The van der Waals surface area contributed by atoms with E-state index in [9.17, 15) is 9.59 Å². The van der Waals surface area contributed by atoms with Gasteiger partial charge in [0.1, 0.15) is 0 Å². The molecule has 1 amide bonds. The number of amides is 1. The number of piperidine rings is 1. The lowest BCUT2D eigenvalue weighted by molar-refractivity contribution is -0.928. The molecule has 0 bridgehead atoms. The van der Waals surface area contributed by atoms with Crippen molar-refractivity contribution in [2.75, 3.05) is 19.6 Å². The van der Waals surface area contributed by atoms with Crippen molar-refractivity contribution in [1.29, 1.82) is 0 Å². The van der Waals surface area contributed by atoms with E-state index in [4.69, 9.17) is 0 Å². The number of carbonyl (C=O) groups excluding carboxylic acids is 2. The molecule has 1 aliphatic heterocycles. The fraction of sp³-hybridized carbons (Fsp3) is 0.391. The first kappa shape index (κ1) is 19.3. The topological polar surface area (TPSA) is 50.6 Å². The van der Waals surface area contributed by atoms with Crippen LogP contribution < -0.4 is 10.2 Å². The van der Waals surface area contributed by atoms with Crippen LogP contribution in [0.2, 0.25) is 0 Å². The van der Waals surface area contributed by atoms with Crippen LogP contribution in [0.4, 0.5) is 0 Å². The number of ketones is 1. The van der Waals surface area contributed by atoms with Crippen LogP contribution in [-0.2, 0) is 0 Å². The van der Waals surface area contributed by atoms with Gasteiger partial charge in [-0.2, -0.15) is 0 Å². The third kappa shape index (κ3) is 5.04. The van der Waals surface area contributed by atoms with Crippen LogP contribution in [0, 0.1) is 0 Å². The predicted molar refractivity (Wildman–Crippen MR) is 107 cm³/mol. The highest BCUT2D eigenvalue weighted by atomic mass is 16.2. The second-order valence-corrected chi connectivity index (χ2v) is 7.41. The zero-order chi connectivity index (χ0) is 19.1. The Hall–Kier alpha value is -2.46. The highest BCUT2D eigenvalue weighted by Gasteiger charge is 2.21. The summed E-state index contributed by atoms with van der Waals surface area (Å²) in [5.74, 6) is -0.287. The number of nitrogens with one attached hydrogen (secondary N) is 2. The average molecular weight is 365 g/mol. The van der Waals surface area contributed by atoms with Crippen molar-refractivity contribution in [3.63, 3.8) is 0 Å². The molecule has 1 heterocycles. The highest BCUT2D eigenvalue weighted by molar-refractivity contribution is 6.15. The molecule has 1 aliphatic rings. The first-order chi connectivity index (χ1) is 13.2. The SMILES string of the molecule is C[C@H]1CCCC[NH+]1CCCNC(=O)c1ccccc1C(=O)c1ccccc1. The normalized spacial score (nSPS) is 19.4. The molecule has 1 unspecified atom stereocenters. The minimum absolute atomic E-state index is 0.118. The van der Waals surface area contributed by atoms with Crippen molar-refractivity contribution in [1.82, 2.24) is 5.32 Å². The van der Waals surface area contributed by atoms with Gasteiger partial charge in [-0.1, -0.05) is 48.5 Å². The fourth-order valence-electron chi connectivity index (χ4n) is 3.86. The standard InChI is InChI=1S/C23H28N2O2/c1-18-10-7-8-16-25(18)17-9-15-24-23(27)21-14-6-5-13-20(21)22(26)19-11-3-2-4-12-19/h2-6,11-14,18H,7-10,15-17H2,1H3,(H,24,27)/p+1/t18-/m0/s1. The third-order valence-corrected chi connectivity index (χ3v) is 5.49. The summed E-state index contributed by atoms with van der Waals surface area (Å²) in [5, 5.41) is 3.00. The van der Waals surface area contributed by atoms with Crippen molar-refractivity contribution in [3.05, 3.63) is 71.3 Å². The molecule has 1 saturated heterocycles. The number of hydrogen-bond acceptors (Lipinski definition) is 2. The van der Waals surface area contributed by atoms with Crippen LogP contribution in [0.15, 0.2) is 54.6 Å². The zero-order valence-electron chi connectivity index (χ0n) is 16.0. The van der Waals surface area contributed by atoms with Gasteiger partial charge in [0.15, 0.2) is 5.78 Å². The molecule has 0 radical (unpaired) electrons. The van der Waals surface area contributed by atoms with Crippen molar-refractivity contribution < 1.29 is 14.5 Å². The predicted octanol–water partition coefficient (Wildman–Crippen LogP) is 2.49. The molecular formula is C23H29N2O2+. The van der Waals surface area contributed by atoms with Gasteiger partial charge in [0.2, 0.25) is 0 Å². The Morgan fingerprint density at radius 3 is 2.44 bits per heavy atom. The summed E-state index contributed by atoms with van der Waals surface area (Å²) in [6.45, 7) is 5.29. The summed E-state index contributed by atoms with van der Waals surface area (Å²) < 4.78 is 0. The fourth-order valence-corrected chi connectivity index (χ4v) is 3.86. The maximum absolute atomic E-state index is 12.8. The van der Waals surface area contributed by atoms with Crippen molar-refractivity contribution >= 4 is 11.7 Å². The summed E-state index contributed by atoms with van der Waals surface area (Å²) in [4.78, 5) is 27.1. The monoisotopic (exact) mass is 365 g/mol. The maximum atomic E-state index is 12.8. The molecule has 0 saturated carbocycles. The van der Waals surface area contributed by atoms with Crippen LogP contribution in [0.25, 0.3) is 0 Å². The van der Waals surface area contributed by atoms with E-state index >= 15 is 0 Å². The maximum Gasteiger partial charge on any atom is 0.252 e. The molecule has 4 heteroatoms. The molecule has 0 aromatic heterocycles. The molecule has 27 heavy (non-hydrogen) atoms. The van der Waals surface area contributed by atoms with Gasteiger partial charge in [0.05, 0.1) is 24.7 Å². The van der Waals surface area contributed by atoms with E-state index in [1.807, 2.05) is 18.2 Å². The Bertz CT molecular complexity index is 773. The molecule has 2 atom stereocenters. The second-order valence-electron chi connectivity index (χ2n) is 7.41. The summed E-state index contributed by atoms with van der Waals surface area (Å²) in [5.41, 5.74) is 1.50. The molecule has 1 fully saturated rings. The van der Waals surface area contributed by atoms with Gasteiger partial charge in [-0.3, -0.25) is 9.59 Å². The lowest BCUT2D eigenvalue weighted by Gasteiger charge is -2.30. The number of rotatable bonds is 7. The van der Waals surface area contributed by atoms with Crippen LogP contribution in [0.5, 0.6) is 0 Å². The summed E-state index contributed by atoms with van der Waals surface area (Å²) in [6.07, 6.45) is 4.91. The average Bonchev–Trinajstić information content (AvgIpc) is 2.72. The van der Waals surface area contributed by atoms with Gasteiger partial charge in [0.25, 0.3) is 5.91 Å². The van der Waals surface area contributed by atoms with Crippen molar-refractivity contribution in [2.24, 2.45) is 0 Å². The van der Waals surface area contributed by atoms with Gasteiger partial charge < -0.3 is 10.2 Å². The molecule has 3 rings (SSSR count). The second kappa shape index (κ2) is 9.47. The molecule has 0 aliphatic carbocycles.